The molecule has 2 rings (SSSR count). The van der Waals surface area contributed by atoms with Crippen molar-refractivity contribution in [2.45, 2.75) is 51.8 Å². The molecular weight excluding hydrogens is 220 g/mol. The van der Waals surface area contributed by atoms with Crippen molar-refractivity contribution in [3.63, 3.8) is 0 Å². The van der Waals surface area contributed by atoms with E-state index >= 15 is 0 Å². The minimum absolute atomic E-state index is 0.0604. The van der Waals surface area contributed by atoms with Gasteiger partial charge in [-0.25, -0.2) is 4.98 Å². The average molecular weight is 240 g/mol. The highest BCUT2D eigenvalue weighted by atomic mass is 32.1. The summed E-state index contributed by atoms with van der Waals surface area (Å²) in [5, 5.41) is 12.2. The summed E-state index contributed by atoms with van der Waals surface area (Å²) in [5.74, 6) is 0. The number of hydrogen-bond acceptors (Lipinski definition) is 4. The molecule has 0 aromatic carbocycles. The van der Waals surface area contributed by atoms with E-state index in [1.165, 1.54) is 30.8 Å². The standard InChI is InChI=1S/C12H20N2OS/c1-9(2)14-6-4-3-5-11(14)12-13-10(7-15)8-16-12/h8-9,11,15H,3-7H2,1-2H3. The zero-order valence-corrected chi connectivity index (χ0v) is 10.8. The second kappa shape index (κ2) is 5.25. The van der Waals surface area contributed by atoms with Crippen LogP contribution in [0.1, 0.15) is 49.9 Å². The van der Waals surface area contributed by atoms with Crippen molar-refractivity contribution in [1.29, 1.82) is 0 Å². The number of likely N-dealkylation sites (tertiary alicyclic amines) is 1. The van der Waals surface area contributed by atoms with Gasteiger partial charge in [-0.3, -0.25) is 4.90 Å². The first-order valence-electron chi connectivity index (χ1n) is 6.03. The van der Waals surface area contributed by atoms with Gasteiger partial charge in [-0.1, -0.05) is 6.42 Å². The van der Waals surface area contributed by atoms with Crippen molar-refractivity contribution in [1.82, 2.24) is 9.88 Å². The first-order valence-corrected chi connectivity index (χ1v) is 6.91. The number of rotatable bonds is 3. The Morgan fingerprint density at radius 3 is 3.00 bits per heavy atom. The number of aliphatic hydroxyl groups excluding tert-OH is 1. The van der Waals surface area contributed by atoms with Crippen LogP contribution in [0, 0.1) is 0 Å². The molecule has 1 fully saturated rings. The predicted octanol–water partition coefficient (Wildman–Crippen LogP) is 2.57. The van der Waals surface area contributed by atoms with Crippen molar-refractivity contribution < 1.29 is 5.11 Å². The molecule has 0 bridgehead atoms. The van der Waals surface area contributed by atoms with E-state index in [-0.39, 0.29) is 6.61 Å². The van der Waals surface area contributed by atoms with Gasteiger partial charge in [0.25, 0.3) is 0 Å². The molecule has 1 saturated heterocycles. The van der Waals surface area contributed by atoms with Gasteiger partial charge in [-0.15, -0.1) is 11.3 Å². The Balaban J connectivity index is 2.16. The lowest BCUT2D eigenvalue weighted by Crippen LogP contribution is -2.38. The molecule has 1 aromatic rings. The summed E-state index contributed by atoms with van der Waals surface area (Å²) in [4.78, 5) is 7.04. The Morgan fingerprint density at radius 2 is 2.38 bits per heavy atom. The topological polar surface area (TPSA) is 36.4 Å². The summed E-state index contributed by atoms with van der Waals surface area (Å²) >= 11 is 1.69. The maximum absolute atomic E-state index is 9.05. The minimum Gasteiger partial charge on any atom is -0.390 e. The summed E-state index contributed by atoms with van der Waals surface area (Å²) in [6, 6.07) is 1.05. The van der Waals surface area contributed by atoms with E-state index in [9.17, 15) is 0 Å². The summed E-state index contributed by atoms with van der Waals surface area (Å²) in [5.41, 5.74) is 0.814. The molecule has 0 aliphatic carbocycles. The highest BCUT2D eigenvalue weighted by Crippen LogP contribution is 2.33. The van der Waals surface area contributed by atoms with E-state index in [0.717, 1.165) is 5.69 Å². The molecule has 16 heavy (non-hydrogen) atoms. The fraction of sp³-hybridized carbons (Fsp3) is 0.750. The van der Waals surface area contributed by atoms with Gasteiger partial charge in [0.15, 0.2) is 0 Å². The summed E-state index contributed by atoms with van der Waals surface area (Å²) in [6.07, 6.45) is 3.80. The maximum Gasteiger partial charge on any atom is 0.110 e. The van der Waals surface area contributed by atoms with E-state index in [4.69, 9.17) is 5.11 Å². The lowest BCUT2D eigenvalue weighted by atomic mass is 10.0. The van der Waals surface area contributed by atoms with Crippen LogP contribution in [0.3, 0.4) is 0 Å². The number of aliphatic hydroxyl groups is 1. The van der Waals surface area contributed by atoms with Gasteiger partial charge in [0, 0.05) is 11.4 Å². The maximum atomic E-state index is 9.05. The van der Waals surface area contributed by atoms with E-state index in [1.807, 2.05) is 5.38 Å². The van der Waals surface area contributed by atoms with Crippen LogP contribution in [0.5, 0.6) is 0 Å². The molecule has 1 atom stereocenters. The zero-order chi connectivity index (χ0) is 11.5. The van der Waals surface area contributed by atoms with Crippen molar-refractivity contribution in [2.75, 3.05) is 6.54 Å². The van der Waals surface area contributed by atoms with E-state index in [0.29, 0.717) is 12.1 Å². The predicted molar refractivity (Wildman–Crippen MR) is 66.5 cm³/mol. The fourth-order valence-corrected chi connectivity index (χ4v) is 3.35. The summed E-state index contributed by atoms with van der Waals surface area (Å²) in [6.45, 7) is 5.74. The molecule has 1 unspecified atom stereocenters. The lowest BCUT2D eigenvalue weighted by molar-refractivity contribution is 0.111. The molecule has 90 valence electrons. The highest BCUT2D eigenvalue weighted by molar-refractivity contribution is 7.09. The molecule has 1 aromatic heterocycles. The Morgan fingerprint density at radius 1 is 1.56 bits per heavy atom. The molecule has 1 aliphatic heterocycles. The van der Waals surface area contributed by atoms with Crippen LogP contribution in [-0.2, 0) is 6.61 Å². The van der Waals surface area contributed by atoms with Crippen LogP contribution in [-0.4, -0.2) is 27.6 Å². The molecule has 1 N–H and O–H groups in total. The number of nitrogens with zero attached hydrogens (tertiary/aromatic N) is 2. The van der Waals surface area contributed by atoms with Crippen LogP contribution in [0.4, 0.5) is 0 Å². The smallest absolute Gasteiger partial charge is 0.110 e. The van der Waals surface area contributed by atoms with Crippen LogP contribution < -0.4 is 0 Å². The SMILES string of the molecule is CC(C)N1CCCCC1c1nc(CO)cs1. The summed E-state index contributed by atoms with van der Waals surface area (Å²) < 4.78 is 0. The monoisotopic (exact) mass is 240 g/mol. The van der Waals surface area contributed by atoms with Crippen LogP contribution in [0.25, 0.3) is 0 Å². The van der Waals surface area contributed by atoms with E-state index in [2.05, 4.69) is 23.7 Å². The van der Waals surface area contributed by atoms with Gasteiger partial charge < -0.3 is 5.11 Å². The van der Waals surface area contributed by atoms with Crippen LogP contribution in [0.15, 0.2) is 5.38 Å². The molecule has 2 heterocycles. The first-order chi connectivity index (χ1) is 7.72. The van der Waals surface area contributed by atoms with Crippen LogP contribution in [0.2, 0.25) is 0 Å². The second-order valence-electron chi connectivity index (χ2n) is 4.68. The van der Waals surface area contributed by atoms with Crippen molar-refractivity contribution >= 4 is 11.3 Å². The molecule has 3 nitrogen and oxygen atoms in total. The third-order valence-electron chi connectivity index (χ3n) is 3.22. The normalized spacial score (nSPS) is 22.9. The third-order valence-corrected chi connectivity index (χ3v) is 4.22. The number of thiazole rings is 1. The van der Waals surface area contributed by atoms with E-state index < -0.39 is 0 Å². The van der Waals surface area contributed by atoms with Crippen molar-refractivity contribution in [3.05, 3.63) is 16.1 Å². The second-order valence-corrected chi connectivity index (χ2v) is 5.57. The zero-order valence-electron chi connectivity index (χ0n) is 10.0. The summed E-state index contributed by atoms with van der Waals surface area (Å²) in [7, 11) is 0. The minimum atomic E-state index is 0.0604. The van der Waals surface area contributed by atoms with Gasteiger partial charge in [0.05, 0.1) is 18.3 Å². The Bertz CT molecular complexity index is 338. The van der Waals surface area contributed by atoms with Gasteiger partial charge in [0.2, 0.25) is 0 Å². The largest absolute Gasteiger partial charge is 0.390 e. The molecule has 0 saturated carbocycles. The number of piperidine rings is 1. The molecule has 0 amide bonds. The molecule has 0 spiro atoms. The lowest BCUT2D eigenvalue weighted by Gasteiger charge is -2.37. The molecular formula is C12H20N2OS. The molecule has 1 aliphatic rings. The fourth-order valence-electron chi connectivity index (χ4n) is 2.39. The molecule has 0 radical (unpaired) electrons. The van der Waals surface area contributed by atoms with Crippen molar-refractivity contribution in [3.8, 4) is 0 Å². The number of hydrogen-bond donors (Lipinski definition) is 1. The van der Waals surface area contributed by atoms with Crippen molar-refractivity contribution in [2.24, 2.45) is 0 Å². The Kier molecular flexibility index (Phi) is 3.95. The number of aromatic nitrogens is 1. The van der Waals surface area contributed by atoms with Gasteiger partial charge >= 0.3 is 0 Å². The van der Waals surface area contributed by atoms with Gasteiger partial charge in [-0.2, -0.15) is 0 Å². The quantitative estimate of drug-likeness (QED) is 0.882. The van der Waals surface area contributed by atoms with E-state index in [1.54, 1.807) is 11.3 Å². The van der Waals surface area contributed by atoms with Gasteiger partial charge in [0.1, 0.15) is 5.01 Å². The first kappa shape index (κ1) is 12.0. The Hall–Kier alpha value is -0.450. The average Bonchev–Trinajstić information content (AvgIpc) is 2.77. The molecule has 4 heteroatoms. The van der Waals surface area contributed by atoms with Crippen LogP contribution >= 0.6 is 11.3 Å². The highest BCUT2D eigenvalue weighted by Gasteiger charge is 2.27. The Labute approximate surface area is 101 Å². The third kappa shape index (κ3) is 2.44. The van der Waals surface area contributed by atoms with Gasteiger partial charge in [-0.05, 0) is 33.2 Å².